The van der Waals surface area contributed by atoms with E-state index >= 15 is 0 Å². The maximum absolute atomic E-state index is 4.81. The molecule has 92 valence electrons. The SMILES string of the molecule is Cc1csc2nc(-c3ccccc3)c(C(C)C)n12. The minimum Gasteiger partial charge on any atom is -0.291 e. The monoisotopic (exact) mass is 256 g/mol. The highest BCUT2D eigenvalue weighted by Gasteiger charge is 2.18. The van der Waals surface area contributed by atoms with Crippen molar-refractivity contribution in [3.63, 3.8) is 0 Å². The molecular formula is C15H16N2S. The predicted molar refractivity (Wildman–Crippen MR) is 77.3 cm³/mol. The Morgan fingerprint density at radius 2 is 1.89 bits per heavy atom. The van der Waals surface area contributed by atoms with Crippen LogP contribution in [0.15, 0.2) is 35.7 Å². The molecule has 0 radical (unpaired) electrons. The summed E-state index contributed by atoms with van der Waals surface area (Å²) in [4.78, 5) is 5.90. The molecular weight excluding hydrogens is 240 g/mol. The Hall–Kier alpha value is -1.61. The third kappa shape index (κ3) is 1.66. The van der Waals surface area contributed by atoms with E-state index in [1.54, 1.807) is 11.3 Å². The fraction of sp³-hybridized carbons (Fsp3) is 0.267. The van der Waals surface area contributed by atoms with Crippen LogP contribution in [0, 0.1) is 6.92 Å². The third-order valence-electron chi connectivity index (χ3n) is 3.16. The Morgan fingerprint density at radius 1 is 1.17 bits per heavy atom. The Bertz CT molecular complexity index is 677. The summed E-state index contributed by atoms with van der Waals surface area (Å²) in [5.41, 5.74) is 4.92. The summed E-state index contributed by atoms with van der Waals surface area (Å²) in [6, 6.07) is 10.4. The number of aryl methyl sites for hydroxylation is 1. The molecule has 0 saturated heterocycles. The van der Waals surface area contributed by atoms with Crippen LogP contribution < -0.4 is 0 Å². The second kappa shape index (κ2) is 4.25. The van der Waals surface area contributed by atoms with Crippen LogP contribution in [0.1, 0.15) is 31.2 Å². The molecule has 0 fully saturated rings. The maximum Gasteiger partial charge on any atom is 0.194 e. The van der Waals surface area contributed by atoms with Gasteiger partial charge in [-0.1, -0.05) is 44.2 Å². The van der Waals surface area contributed by atoms with E-state index in [1.165, 1.54) is 17.0 Å². The minimum absolute atomic E-state index is 0.462. The molecule has 0 spiro atoms. The lowest BCUT2D eigenvalue weighted by Gasteiger charge is -2.08. The summed E-state index contributed by atoms with van der Waals surface area (Å²) < 4.78 is 2.29. The number of hydrogen-bond donors (Lipinski definition) is 0. The average molecular weight is 256 g/mol. The van der Waals surface area contributed by atoms with E-state index in [2.05, 4.69) is 54.8 Å². The summed E-state index contributed by atoms with van der Waals surface area (Å²) in [6.45, 7) is 6.60. The van der Waals surface area contributed by atoms with Crippen molar-refractivity contribution in [1.29, 1.82) is 0 Å². The van der Waals surface area contributed by atoms with Crippen LogP contribution >= 0.6 is 11.3 Å². The van der Waals surface area contributed by atoms with Crippen molar-refractivity contribution in [3.8, 4) is 11.3 Å². The number of benzene rings is 1. The van der Waals surface area contributed by atoms with Gasteiger partial charge in [0.25, 0.3) is 0 Å². The molecule has 3 heteroatoms. The molecule has 3 aromatic rings. The summed E-state index contributed by atoms with van der Waals surface area (Å²) in [5.74, 6) is 0.462. The molecule has 0 N–H and O–H groups in total. The van der Waals surface area contributed by atoms with Gasteiger partial charge in [0.2, 0.25) is 0 Å². The molecule has 0 atom stereocenters. The number of nitrogens with zero attached hydrogens (tertiary/aromatic N) is 2. The number of fused-ring (bicyclic) bond motifs is 1. The van der Waals surface area contributed by atoms with Crippen LogP contribution in [0.4, 0.5) is 0 Å². The Kier molecular flexibility index (Phi) is 2.71. The van der Waals surface area contributed by atoms with Gasteiger partial charge in [-0.05, 0) is 12.8 Å². The standard InChI is InChI=1S/C15H16N2S/c1-10(2)14-13(12-7-5-4-6-8-12)16-15-17(14)11(3)9-18-15/h4-10H,1-3H3. The van der Waals surface area contributed by atoms with Crippen molar-refractivity contribution in [2.75, 3.05) is 0 Å². The lowest BCUT2D eigenvalue weighted by Crippen LogP contribution is -1.97. The number of thiazole rings is 1. The van der Waals surface area contributed by atoms with Gasteiger partial charge in [-0.2, -0.15) is 0 Å². The zero-order valence-corrected chi connectivity index (χ0v) is 11.7. The number of aromatic nitrogens is 2. The molecule has 0 aliphatic rings. The van der Waals surface area contributed by atoms with Gasteiger partial charge < -0.3 is 0 Å². The summed E-state index contributed by atoms with van der Waals surface area (Å²) in [5, 5.41) is 2.17. The zero-order chi connectivity index (χ0) is 12.7. The van der Waals surface area contributed by atoms with Gasteiger partial charge in [-0.3, -0.25) is 4.40 Å². The van der Waals surface area contributed by atoms with E-state index < -0.39 is 0 Å². The molecule has 2 heterocycles. The molecule has 0 bridgehead atoms. The fourth-order valence-electron chi connectivity index (χ4n) is 2.36. The van der Waals surface area contributed by atoms with Crippen LogP contribution in [0.2, 0.25) is 0 Å². The summed E-state index contributed by atoms with van der Waals surface area (Å²) >= 11 is 1.71. The van der Waals surface area contributed by atoms with Crippen molar-refractivity contribution < 1.29 is 0 Å². The molecule has 18 heavy (non-hydrogen) atoms. The number of rotatable bonds is 2. The van der Waals surface area contributed by atoms with Crippen molar-refractivity contribution in [2.24, 2.45) is 0 Å². The van der Waals surface area contributed by atoms with Gasteiger partial charge in [0.05, 0.1) is 11.4 Å². The van der Waals surface area contributed by atoms with Crippen molar-refractivity contribution >= 4 is 16.3 Å². The first-order valence-electron chi connectivity index (χ1n) is 6.20. The van der Waals surface area contributed by atoms with Gasteiger partial charge in [0, 0.05) is 16.6 Å². The molecule has 1 aromatic carbocycles. The van der Waals surface area contributed by atoms with E-state index in [0.717, 1.165) is 10.7 Å². The van der Waals surface area contributed by atoms with Crippen LogP contribution in [0.25, 0.3) is 16.2 Å². The minimum atomic E-state index is 0.462. The fourth-order valence-corrected chi connectivity index (χ4v) is 3.24. The largest absolute Gasteiger partial charge is 0.291 e. The highest BCUT2D eigenvalue weighted by molar-refractivity contribution is 7.15. The second-order valence-corrected chi connectivity index (χ2v) is 5.70. The predicted octanol–water partition coefficient (Wildman–Crippen LogP) is 4.49. The van der Waals surface area contributed by atoms with Crippen LogP contribution in [-0.2, 0) is 0 Å². The quantitative estimate of drug-likeness (QED) is 0.660. The highest BCUT2D eigenvalue weighted by Crippen LogP contribution is 2.32. The molecule has 2 aromatic heterocycles. The van der Waals surface area contributed by atoms with Crippen LogP contribution in [-0.4, -0.2) is 9.38 Å². The first-order chi connectivity index (χ1) is 8.68. The summed E-state index contributed by atoms with van der Waals surface area (Å²) in [6.07, 6.45) is 0. The lowest BCUT2D eigenvalue weighted by atomic mass is 10.0. The lowest BCUT2D eigenvalue weighted by molar-refractivity contribution is 0.805. The topological polar surface area (TPSA) is 17.3 Å². The first kappa shape index (κ1) is 11.5. The van der Waals surface area contributed by atoms with E-state index in [1.807, 2.05) is 6.07 Å². The Morgan fingerprint density at radius 3 is 2.56 bits per heavy atom. The Balaban J connectivity index is 2.33. The molecule has 0 amide bonds. The van der Waals surface area contributed by atoms with E-state index in [9.17, 15) is 0 Å². The zero-order valence-electron chi connectivity index (χ0n) is 10.8. The average Bonchev–Trinajstić information content (AvgIpc) is 2.91. The van der Waals surface area contributed by atoms with Gasteiger partial charge in [-0.15, -0.1) is 11.3 Å². The van der Waals surface area contributed by atoms with Gasteiger partial charge in [0.1, 0.15) is 0 Å². The third-order valence-corrected chi connectivity index (χ3v) is 4.11. The van der Waals surface area contributed by atoms with Crippen molar-refractivity contribution in [2.45, 2.75) is 26.7 Å². The van der Waals surface area contributed by atoms with E-state index in [-0.39, 0.29) is 0 Å². The normalized spacial score (nSPS) is 11.6. The van der Waals surface area contributed by atoms with Crippen molar-refractivity contribution in [3.05, 3.63) is 47.1 Å². The Labute approximate surface area is 111 Å². The van der Waals surface area contributed by atoms with Gasteiger partial charge in [-0.25, -0.2) is 4.98 Å². The first-order valence-corrected chi connectivity index (χ1v) is 7.08. The number of imidazole rings is 1. The molecule has 0 aliphatic heterocycles. The highest BCUT2D eigenvalue weighted by atomic mass is 32.1. The van der Waals surface area contributed by atoms with Crippen molar-refractivity contribution in [1.82, 2.24) is 9.38 Å². The van der Waals surface area contributed by atoms with Gasteiger partial charge >= 0.3 is 0 Å². The van der Waals surface area contributed by atoms with E-state index in [0.29, 0.717) is 5.92 Å². The smallest absolute Gasteiger partial charge is 0.194 e. The molecule has 0 aliphatic carbocycles. The molecule has 0 unspecified atom stereocenters. The summed E-state index contributed by atoms with van der Waals surface area (Å²) in [7, 11) is 0. The van der Waals surface area contributed by atoms with E-state index in [4.69, 9.17) is 4.98 Å². The van der Waals surface area contributed by atoms with Crippen LogP contribution in [0.3, 0.4) is 0 Å². The van der Waals surface area contributed by atoms with Crippen LogP contribution in [0.5, 0.6) is 0 Å². The number of hydrogen-bond acceptors (Lipinski definition) is 2. The maximum atomic E-state index is 4.81. The molecule has 3 rings (SSSR count). The second-order valence-electron chi connectivity index (χ2n) is 4.86. The molecule has 0 saturated carbocycles. The molecule has 2 nitrogen and oxygen atoms in total. The van der Waals surface area contributed by atoms with Gasteiger partial charge in [0.15, 0.2) is 4.96 Å².